The maximum atomic E-state index is 12.3. The Morgan fingerprint density at radius 2 is 1.78 bits per heavy atom. The molecule has 188 valence electrons. The van der Waals surface area contributed by atoms with Crippen molar-refractivity contribution in [3.8, 4) is 5.75 Å². The molecule has 0 aliphatic carbocycles. The Kier molecular flexibility index (Phi) is 9.17. The summed E-state index contributed by atoms with van der Waals surface area (Å²) in [4.78, 5) is 17.2. The number of halogens is 1. The summed E-state index contributed by atoms with van der Waals surface area (Å²) < 4.78 is 9.40. The summed E-state index contributed by atoms with van der Waals surface area (Å²) in [7, 11) is 0. The molecule has 6 heteroatoms. The van der Waals surface area contributed by atoms with Crippen LogP contribution in [0.25, 0.3) is 11.0 Å². The number of aryl methyl sites for hydroxylation is 4. The van der Waals surface area contributed by atoms with Gasteiger partial charge in [0, 0.05) is 29.5 Å². The van der Waals surface area contributed by atoms with Gasteiger partial charge in [-0.25, -0.2) is 4.98 Å². The standard InChI is InChI=1S/C30H34BrN3O2/c1-22-12-13-23(2)28(21-22)36-20-8-19-34-27-10-6-5-9-26(27)33-29(34)11-4-3-7-18-32-30(35)24-14-16-25(31)17-15-24/h5-6,9-10,12-17,21H,3-4,7-8,11,18-20H2,1-2H3,(H,32,35). The van der Waals surface area contributed by atoms with Gasteiger partial charge in [0.25, 0.3) is 5.91 Å². The van der Waals surface area contributed by atoms with E-state index >= 15 is 0 Å². The fourth-order valence-electron chi connectivity index (χ4n) is 4.32. The average molecular weight is 549 g/mol. The van der Waals surface area contributed by atoms with Gasteiger partial charge in [-0.2, -0.15) is 0 Å². The van der Waals surface area contributed by atoms with Crippen molar-refractivity contribution in [1.82, 2.24) is 14.9 Å². The van der Waals surface area contributed by atoms with E-state index in [0.29, 0.717) is 18.7 Å². The summed E-state index contributed by atoms with van der Waals surface area (Å²) in [5.74, 6) is 2.08. The molecule has 4 aromatic rings. The van der Waals surface area contributed by atoms with Crippen LogP contribution in [0.3, 0.4) is 0 Å². The van der Waals surface area contributed by atoms with E-state index in [1.807, 2.05) is 30.3 Å². The maximum absolute atomic E-state index is 12.3. The molecule has 36 heavy (non-hydrogen) atoms. The number of fused-ring (bicyclic) bond motifs is 1. The lowest BCUT2D eigenvalue weighted by Gasteiger charge is -2.12. The molecule has 1 aromatic heterocycles. The summed E-state index contributed by atoms with van der Waals surface area (Å²) in [5, 5.41) is 3.02. The Hall–Kier alpha value is -3.12. The fourth-order valence-corrected chi connectivity index (χ4v) is 4.59. The Labute approximate surface area is 222 Å². The molecular formula is C30H34BrN3O2. The number of ether oxygens (including phenoxy) is 1. The number of benzene rings is 3. The first-order chi connectivity index (χ1) is 17.5. The van der Waals surface area contributed by atoms with Crippen LogP contribution in [0.4, 0.5) is 0 Å². The van der Waals surface area contributed by atoms with Crippen LogP contribution in [-0.4, -0.2) is 28.6 Å². The first-order valence-corrected chi connectivity index (χ1v) is 13.5. The third-order valence-corrected chi connectivity index (χ3v) is 6.86. The zero-order valence-corrected chi connectivity index (χ0v) is 22.7. The van der Waals surface area contributed by atoms with Gasteiger partial charge in [-0.3, -0.25) is 4.79 Å². The van der Waals surface area contributed by atoms with E-state index < -0.39 is 0 Å². The van der Waals surface area contributed by atoms with Gasteiger partial charge in [0.05, 0.1) is 17.6 Å². The Bertz CT molecular complexity index is 1300. The number of rotatable bonds is 12. The maximum Gasteiger partial charge on any atom is 0.251 e. The van der Waals surface area contributed by atoms with Gasteiger partial charge in [-0.05, 0) is 86.7 Å². The van der Waals surface area contributed by atoms with Crippen LogP contribution >= 0.6 is 15.9 Å². The second-order valence-electron chi connectivity index (χ2n) is 9.21. The highest BCUT2D eigenvalue weighted by molar-refractivity contribution is 9.10. The summed E-state index contributed by atoms with van der Waals surface area (Å²) in [6.07, 6.45) is 4.87. The predicted molar refractivity (Wildman–Crippen MR) is 150 cm³/mol. The minimum Gasteiger partial charge on any atom is -0.493 e. The monoisotopic (exact) mass is 547 g/mol. The van der Waals surface area contributed by atoms with Gasteiger partial charge in [-0.15, -0.1) is 0 Å². The van der Waals surface area contributed by atoms with E-state index in [0.717, 1.165) is 60.2 Å². The van der Waals surface area contributed by atoms with Crippen molar-refractivity contribution in [2.75, 3.05) is 13.2 Å². The number of amides is 1. The number of imidazole rings is 1. The number of hydrogen-bond donors (Lipinski definition) is 1. The highest BCUT2D eigenvalue weighted by atomic mass is 79.9. The van der Waals surface area contributed by atoms with E-state index in [1.54, 1.807) is 0 Å². The molecule has 0 unspecified atom stereocenters. The van der Waals surface area contributed by atoms with Crippen molar-refractivity contribution in [3.63, 3.8) is 0 Å². The van der Waals surface area contributed by atoms with E-state index in [2.05, 4.69) is 76.1 Å². The number of nitrogens with zero attached hydrogens (tertiary/aromatic N) is 2. The minimum atomic E-state index is -0.0210. The lowest BCUT2D eigenvalue weighted by Crippen LogP contribution is -2.24. The van der Waals surface area contributed by atoms with Crippen LogP contribution in [0.2, 0.25) is 0 Å². The minimum absolute atomic E-state index is 0.0210. The van der Waals surface area contributed by atoms with Crippen molar-refractivity contribution in [2.45, 2.75) is 52.5 Å². The summed E-state index contributed by atoms with van der Waals surface area (Å²) in [6.45, 7) is 6.41. The molecule has 0 bridgehead atoms. The van der Waals surface area contributed by atoms with E-state index in [1.165, 1.54) is 16.6 Å². The second-order valence-corrected chi connectivity index (χ2v) is 10.1. The van der Waals surface area contributed by atoms with Crippen molar-refractivity contribution in [1.29, 1.82) is 0 Å². The molecule has 0 saturated carbocycles. The molecule has 0 fully saturated rings. The number of hydrogen-bond acceptors (Lipinski definition) is 3. The first kappa shape index (κ1) is 26.0. The largest absolute Gasteiger partial charge is 0.493 e. The molecule has 0 saturated heterocycles. The molecule has 1 amide bonds. The second kappa shape index (κ2) is 12.7. The molecule has 5 nitrogen and oxygen atoms in total. The summed E-state index contributed by atoms with van der Waals surface area (Å²) in [5.41, 5.74) is 5.30. The van der Waals surface area contributed by atoms with Crippen LogP contribution < -0.4 is 10.1 Å². The summed E-state index contributed by atoms with van der Waals surface area (Å²) >= 11 is 3.40. The molecule has 0 atom stereocenters. The average Bonchev–Trinajstić information content (AvgIpc) is 3.23. The molecule has 0 radical (unpaired) electrons. The smallest absolute Gasteiger partial charge is 0.251 e. The van der Waals surface area contributed by atoms with E-state index in [4.69, 9.17) is 9.72 Å². The Morgan fingerprint density at radius 1 is 0.972 bits per heavy atom. The third-order valence-electron chi connectivity index (χ3n) is 6.33. The molecule has 1 heterocycles. The zero-order valence-electron chi connectivity index (χ0n) is 21.1. The molecule has 0 aliphatic rings. The van der Waals surface area contributed by atoms with Gasteiger partial charge in [-0.1, -0.05) is 46.6 Å². The molecular weight excluding hydrogens is 514 g/mol. The highest BCUT2D eigenvalue weighted by Gasteiger charge is 2.11. The number of aromatic nitrogens is 2. The van der Waals surface area contributed by atoms with Gasteiger partial charge >= 0.3 is 0 Å². The van der Waals surface area contributed by atoms with Crippen molar-refractivity contribution in [2.24, 2.45) is 0 Å². The predicted octanol–water partition coefficient (Wildman–Crippen LogP) is 7.03. The first-order valence-electron chi connectivity index (χ1n) is 12.7. The van der Waals surface area contributed by atoms with Gasteiger partial charge in [0.15, 0.2) is 0 Å². The molecule has 0 aliphatic heterocycles. The lowest BCUT2D eigenvalue weighted by molar-refractivity contribution is 0.0953. The number of carbonyl (C=O) groups is 1. The Balaban J connectivity index is 1.25. The topological polar surface area (TPSA) is 56.1 Å². The number of unbranched alkanes of at least 4 members (excludes halogenated alkanes) is 2. The van der Waals surface area contributed by atoms with E-state index in [-0.39, 0.29) is 5.91 Å². The number of carbonyl (C=O) groups excluding carboxylic acids is 1. The highest BCUT2D eigenvalue weighted by Crippen LogP contribution is 2.21. The number of para-hydroxylation sites is 2. The van der Waals surface area contributed by atoms with Crippen LogP contribution in [0, 0.1) is 13.8 Å². The van der Waals surface area contributed by atoms with Crippen LogP contribution in [0.5, 0.6) is 5.75 Å². The van der Waals surface area contributed by atoms with Crippen LogP contribution in [0.15, 0.2) is 71.2 Å². The van der Waals surface area contributed by atoms with Gasteiger partial charge < -0.3 is 14.6 Å². The molecule has 1 N–H and O–H groups in total. The van der Waals surface area contributed by atoms with Crippen LogP contribution in [0.1, 0.15) is 53.0 Å². The molecule has 4 rings (SSSR count). The van der Waals surface area contributed by atoms with Crippen molar-refractivity contribution < 1.29 is 9.53 Å². The number of nitrogens with one attached hydrogen (secondary N) is 1. The normalized spacial score (nSPS) is 11.1. The lowest BCUT2D eigenvalue weighted by atomic mass is 10.1. The van der Waals surface area contributed by atoms with Gasteiger partial charge in [0.1, 0.15) is 11.6 Å². The van der Waals surface area contributed by atoms with Crippen molar-refractivity contribution >= 4 is 32.9 Å². The summed E-state index contributed by atoms with van der Waals surface area (Å²) in [6, 6.07) is 22.1. The van der Waals surface area contributed by atoms with Gasteiger partial charge in [0.2, 0.25) is 0 Å². The quantitative estimate of drug-likeness (QED) is 0.194. The third kappa shape index (κ3) is 6.97. The fraction of sp³-hybridized carbons (Fsp3) is 0.333. The molecule has 3 aromatic carbocycles. The SMILES string of the molecule is Cc1ccc(C)c(OCCCn2c(CCCCCNC(=O)c3ccc(Br)cc3)nc3ccccc32)c1. The van der Waals surface area contributed by atoms with Crippen LogP contribution in [-0.2, 0) is 13.0 Å². The Morgan fingerprint density at radius 3 is 2.61 bits per heavy atom. The van der Waals surface area contributed by atoms with E-state index in [9.17, 15) is 4.79 Å². The zero-order chi connectivity index (χ0) is 25.3. The molecule has 0 spiro atoms. The van der Waals surface area contributed by atoms with Crippen molar-refractivity contribution in [3.05, 3.63) is 93.7 Å².